The molecule has 0 radical (unpaired) electrons. The van der Waals surface area contributed by atoms with E-state index in [-0.39, 0.29) is 24.1 Å². The van der Waals surface area contributed by atoms with Crippen LogP contribution in [0.4, 0.5) is 11.4 Å². The Morgan fingerprint density at radius 1 is 1.22 bits per heavy atom. The van der Waals surface area contributed by atoms with E-state index in [1.54, 1.807) is 35.2 Å². The van der Waals surface area contributed by atoms with E-state index in [4.69, 9.17) is 5.26 Å². The zero-order valence-electron chi connectivity index (χ0n) is 15.4. The molecular formula is C20H22N4O3. The van der Waals surface area contributed by atoms with E-state index in [0.29, 0.717) is 24.3 Å². The zero-order chi connectivity index (χ0) is 19.8. The number of carbonyl (C=O) groups excluding carboxylic acids is 1. The first-order valence-corrected chi connectivity index (χ1v) is 8.68. The average Bonchev–Trinajstić information content (AvgIpc) is 2.66. The van der Waals surface area contributed by atoms with Gasteiger partial charge in [0.15, 0.2) is 0 Å². The summed E-state index contributed by atoms with van der Waals surface area (Å²) in [5.74, 6) is -0.0413. The summed E-state index contributed by atoms with van der Waals surface area (Å²) in [6.45, 7) is 4.64. The van der Waals surface area contributed by atoms with Crippen LogP contribution in [0.25, 0.3) is 0 Å². The van der Waals surface area contributed by atoms with Crippen LogP contribution >= 0.6 is 0 Å². The van der Waals surface area contributed by atoms with E-state index < -0.39 is 4.92 Å². The highest BCUT2D eigenvalue weighted by atomic mass is 16.6. The lowest BCUT2D eigenvalue weighted by atomic mass is 10.1. The molecule has 0 heterocycles. The third-order valence-electron chi connectivity index (χ3n) is 4.13. The first-order chi connectivity index (χ1) is 12.9. The van der Waals surface area contributed by atoms with Gasteiger partial charge in [0.2, 0.25) is 5.91 Å². The quantitative estimate of drug-likeness (QED) is 0.567. The first-order valence-electron chi connectivity index (χ1n) is 8.68. The van der Waals surface area contributed by atoms with E-state index in [1.165, 1.54) is 6.07 Å². The van der Waals surface area contributed by atoms with E-state index in [0.717, 1.165) is 5.56 Å². The van der Waals surface area contributed by atoms with Gasteiger partial charge in [0.25, 0.3) is 5.69 Å². The Hall–Kier alpha value is -3.40. The molecule has 0 atom stereocenters. The van der Waals surface area contributed by atoms with Crippen LogP contribution in [0.3, 0.4) is 0 Å². The highest BCUT2D eigenvalue weighted by molar-refractivity contribution is 5.77. The molecule has 1 amide bonds. The van der Waals surface area contributed by atoms with E-state index in [2.05, 4.69) is 11.4 Å². The second-order valence-electron chi connectivity index (χ2n) is 6.38. The lowest BCUT2D eigenvalue weighted by Gasteiger charge is -2.27. The molecule has 7 heteroatoms. The Kier molecular flexibility index (Phi) is 6.89. The van der Waals surface area contributed by atoms with Gasteiger partial charge in [-0.25, -0.2) is 0 Å². The van der Waals surface area contributed by atoms with Crippen LogP contribution in [0, 0.1) is 21.4 Å². The molecule has 0 saturated heterocycles. The van der Waals surface area contributed by atoms with E-state index >= 15 is 0 Å². The van der Waals surface area contributed by atoms with Crippen LogP contribution in [0.1, 0.15) is 31.4 Å². The Balaban J connectivity index is 1.97. The summed E-state index contributed by atoms with van der Waals surface area (Å²) in [5, 5.41) is 22.9. The third kappa shape index (κ3) is 5.54. The summed E-state index contributed by atoms with van der Waals surface area (Å²) in [4.78, 5) is 25.0. The number of para-hydroxylation sites is 2. The van der Waals surface area contributed by atoms with Gasteiger partial charge >= 0.3 is 0 Å². The molecule has 140 valence electrons. The standard InChI is InChI=1S/C20H22N4O3/c1-15(2)23(14-17-9-7-16(13-21)8-10-17)20(25)11-12-22-18-5-3-4-6-19(18)24(26)27/h3-10,15,22H,11-12,14H2,1-2H3. The first kappa shape index (κ1) is 19.9. The van der Waals surface area contributed by atoms with Gasteiger partial charge in [-0.2, -0.15) is 5.26 Å². The monoisotopic (exact) mass is 366 g/mol. The third-order valence-corrected chi connectivity index (χ3v) is 4.13. The van der Waals surface area contributed by atoms with Crippen molar-refractivity contribution in [3.05, 3.63) is 69.8 Å². The SMILES string of the molecule is CC(C)N(Cc1ccc(C#N)cc1)C(=O)CCNc1ccccc1[N+](=O)[O-]. The van der Waals surface area contributed by atoms with Gasteiger partial charge in [-0.1, -0.05) is 24.3 Å². The van der Waals surface area contributed by atoms with Crippen LogP contribution in [0.5, 0.6) is 0 Å². The highest BCUT2D eigenvalue weighted by Crippen LogP contribution is 2.23. The van der Waals surface area contributed by atoms with Crippen molar-refractivity contribution in [2.75, 3.05) is 11.9 Å². The molecule has 0 aliphatic heterocycles. The Bertz CT molecular complexity index is 841. The summed E-state index contributed by atoms with van der Waals surface area (Å²) in [7, 11) is 0. The second-order valence-corrected chi connectivity index (χ2v) is 6.38. The molecule has 0 unspecified atom stereocenters. The lowest BCUT2D eigenvalue weighted by Crippen LogP contribution is -2.37. The fourth-order valence-corrected chi connectivity index (χ4v) is 2.67. The number of amides is 1. The van der Waals surface area contributed by atoms with Gasteiger partial charge in [-0.15, -0.1) is 0 Å². The van der Waals surface area contributed by atoms with Gasteiger partial charge in [-0.05, 0) is 37.6 Å². The molecule has 2 aromatic carbocycles. The Morgan fingerprint density at radius 2 is 1.89 bits per heavy atom. The predicted molar refractivity (Wildman–Crippen MR) is 103 cm³/mol. The molecule has 0 fully saturated rings. The normalized spacial score (nSPS) is 10.3. The largest absolute Gasteiger partial charge is 0.379 e. The maximum atomic E-state index is 12.6. The number of carbonyl (C=O) groups is 1. The molecule has 7 nitrogen and oxygen atoms in total. The topological polar surface area (TPSA) is 99.3 Å². The number of rotatable bonds is 8. The molecular weight excluding hydrogens is 344 g/mol. The van der Waals surface area contributed by atoms with Gasteiger partial charge in [0.05, 0.1) is 16.6 Å². The minimum absolute atomic E-state index is 0.0109. The van der Waals surface area contributed by atoms with Gasteiger partial charge in [0.1, 0.15) is 5.69 Å². The molecule has 0 aliphatic carbocycles. The van der Waals surface area contributed by atoms with Crippen molar-refractivity contribution in [2.24, 2.45) is 0 Å². The molecule has 1 N–H and O–H groups in total. The zero-order valence-corrected chi connectivity index (χ0v) is 15.4. The van der Waals surface area contributed by atoms with Crippen LogP contribution in [-0.4, -0.2) is 28.3 Å². The fraction of sp³-hybridized carbons (Fsp3) is 0.300. The minimum atomic E-state index is -0.449. The molecule has 0 spiro atoms. The summed E-state index contributed by atoms with van der Waals surface area (Å²) in [5.41, 5.74) is 1.92. The number of nitrogens with zero attached hydrogens (tertiary/aromatic N) is 3. The second kappa shape index (κ2) is 9.34. The van der Waals surface area contributed by atoms with E-state index in [1.807, 2.05) is 26.0 Å². The number of benzene rings is 2. The van der Waals surface area contributed by atoms with Crippen LogP contribution in [0.2, 0.25) is 0 Å². The number of hydrogen-bond donors (Lipinski definition) is 1. The van der Waals surface area contributed by atoms with Crippen molar-refractivity contribution < 1.29 is 9.72 Å². The van der Waals surface area contributed by atoms with Gasteiger partial charge in [-0.3, -0.25) is 14.9 Å². The lowest BCUT2D eigenvalue weighted by molar-refractivity contribution is -0.384. The fourth-order valence-electron chi connectivity index (χ4n) is 2.67. The number of anilines is 1. The molecule has 0 aliphatic rings. The summed E-state index contributed by atoms with van der Waals surface area (Å²) in [6, 6.07) is 15.6. The number of nitro groups is 1. The Labute approximate surface area is 158 Å². The maximum absolute atomic E-state index is 12.6. The number of nitriles is 1. The Morgan fingerprint density at radius 3 is 2.48 bits per heavy atom. The smallest absolute Gasteiger partial charge is 0.292 e. The summed E-state index contributed by atoms with van der Waals surface area (Å²) < 4.78 is 0. The summed E-state index contributed by atoms with van der Waals surface area (Å²) >= 11 is 0. The van der Waals surface area contributed by atoms with Crippen molar-refractivity contribution >= 4 is 17.3 Å². The van der Waals surface area contributed by atoms with Crippen LogP contribution in [-0.2, 0) is 11.3 Å². The van der Waals surface area contributed by atoms with Crippen LogP contribution in [0.15, 0.2) is 48.5 Å². The molecule has 0 saturated carbocycles. The van der Waals surface area contributed by atoms with Crippen molar-refractivity contribution in [1.29, 1.82) is 5.26 Å². The molecule has 0 aromatic heterocycles. The van der Waals surface area contributed by atoms with Crippen molar-refractivity contribution in [3.8, 4) is 6.07 Å². The average molecular weight is 366 g/mol. The summed E-state index contributed by atoms with van der Waals surface area (Å²) in [6.07, 6.45) is 0.223. The predicted octanol–water partition coefficient (Wildman–Crippen LogP) is 3.71. The molecule has 27 heavy (non-hydrogen) atoms. The van der Waals surface area contributed by atoms with Crippen molar-refractivity contribution in [3.63, 3.8) is 0 Å². The minimum Gasteiger partial charge on any atom is -0.379 e. The van der Waals surface area contributed by atoms with Gasteiger partial charge in [0, 0.05) is 31.6 Å². The number of hydrogen-bond acceptors (Lipinski definition) is 5. The number of nitro benzene ring substituents is 1. The molecule has 2 aromatic rings. The van der Waals surface area contributed by atoms with E-state index in [9.17, 15) is 14.9 Å². The molecule has 0 bridgehead atoms. The van der Waals surface area contributed by atoms with Gasteiger partial charge < -0.3 is 10.2 Å². The van der Waals surface area contributed by atoms with Crippen molar-refractivity contribution in [2.45, 2.75) is 32.9 Å². The maximum Gasteiger partial charge on any atom is 0.292 e. The molecule has 2 rings (SSSR count). The number of nitrogens with one attached hydrogen (secondary N) is 1. The van der Waals surface area contributed by atoms with Crippen LogP contribution < -0.4 is 5.32 Å². The highest BCUT2D eigenvalue weighted by Gasteiger charge is 2.18. The van der Waals surface area contributed by atoms with Crippen molar-refractivity contribution in [1.82, 2.24) is 4.90 Å².